The van der Waals surface area contributed by atoms with Crippen molar-refractivity contribution >= 4 is 0 Å². The Morgan fingerprint density at radius 2 is 2.20 bits per heavy atom. The highest BCUT2D eigenvalue weighted by atomic mass is 16.3. The number of hydrogen-bond donors (Lipinski definition) is 2. The van der Waals surface area contributed by atoms with Crippen molar-refractivity contribution < 1.29 is 5.11 Å². The number of aliphatic hydroxyl groups excluding tert-OH is 1. The summed E-state index contributed by atoms with van der Waals surface area (Å²) in [6.45, 7) is 6.37. The maximum absolute atomic E-state index is 10.0. The van der Waals surface area contributed by atoms with Crippen LogP contribution in [0.2, 0.25) is 0 Å². The summed E-state index contributed by atoms with van der Waals surface area (Å²) >= 11 is 0. The second-order valence-electron chi connectivity index (χ2n) is 5.05. The first-order valence-corrected chi connectivity index (χ1v) is 6.43. The number of aliphatic hydroxyl groups is 1. The molecule has 0 aromatic carbocycles. The average molecular weight is 212 g/mol. The maximum Gasteiger partial charge on any atom is 0.0705 e. The Kier molecular flexibility index (Phi) is 4.00. The summed E-state index contributed by atoms with van der Waals surface area (Å²) in [5, 5.41) is 13.5. The zero-order valence-corrected chi connectivity index (χ0v) is 9.78. The van der Waals surface area contributed by atoms with Crippen LogP contribution in [0.1, 0.15) is 32.6 Å². The fourth-order valence-electron chi connectivity index (χ4n) is 2.53. The van der Waals surface area contributed by atoms with Crippen LogP contribution in [-0.4, -0.2) is 48.3 Å². The van der Waals surface area contributed by atoms with Gasteiger partial charge in [-0.3, -0.25) is 0 Å². The zero-order chi connectivity index (χ0) is 10.7. The Morgan fingerprint density at radius 3 is 2.73 bits per heavy atom. The maximum atomic E-state index is 10.0. The van der Waals surface area contributed by atoms with Gasteiger partial charge in [0.2, 0.25) is 0 Å². The van der Waals surface area contributed by atoms with Crippen molar-refractivity contribution in [1.29, 1.82) is 0 Å². The van der Waals surface area contributed by atoms with Gasteiger partial charge in [-0.15, -0.1) is 0 Å². The van der Waals surface area contributed by atoms with Crippen molar-refractivity contribution in [3.63, 3.8) is 0 Å². The molecule has 2 aliphatic rings. The molecule has 88 valence electrons. The van der Waals surface area contributed by atoms with E-state index in [0.717, 1.165) is 19.6 Å². The van der Waals surface area contributed by atoms with Gasteiger partial charge in [0.05, 0.1) is 6.10 Å². The van der Waals surface area contributed by atoms with Gasteiger partial charge in [-0.1, -0.05) is 13.3 Å². The Morgan fingerprint density at radius 1 is 1.40 bits per heavy atom. The molecule has 1 heterocycles. The van der Waals surface area contributed by atoms with E-state index in [0.29, 0.717) is 12.0 Å². The third-order valence-electron chi connectivity index (χ3n) is 4.02. The van der Waals surface area contributed by atoms with Crippen molar-refractivity contribution in [2.45, 2.75) is 44.8 Å². The smallest absolute Gasteiger partial charge is 0.0705 e. The van der Waals surface area contributed by atoms with Gasteiger partial charge in [0.1, 0.15) is 0 Å². The molecule has 2 unspecified atom stereocenters. The molecule has 0 spiro atoms. The molecular formula is C12H24N2O. The van der Waals surface area contributed by atoms with Crippen LogP contribution >= 0.6 is 0 Å². The van der Waals surface area contributed by atoms with Gasteiger partial charge in [0, 0.05) is 19.1 Å². The molecule has 2 atom stereocenters. The normalized spacial score (nSPS) is 30.4. The Labute approximate surface area is 92.8 Å². The van der Waals surface area contributed by atoms with Gasteiger partial charge < -0.3 is 15.3 Å². The van der Waals surface area contributed by atoms with Crippen LogP contribution in [0.4, 0.5) is 0 Å². The Bertz CT molecular complexity index is 194. The number of rotatable bonds is 5. The lowest BCUT2D eigenvalue weighted by Crippen LogP contribution is -2.42. The molecule has 2 fully saturated rings. The molecule has 2 rings (SSSR count). The van der Waals surface area contributed by atoms with Crippen molar-refractivity contribution in [3.8, 4) is 0 Å². The lowest BCUT2D eigenvalue weighted by molar-refractivity contribution is 0.101. The molecule has 2 N–H and O–H groups in total. The topological polar surface area (TPSA) is 35.5 Å². The van der Waals surface area contributed by atoms with E-state index in [2.05, 4.69) is 17.1 Å². The summed E-state index contributed by atoms with van der Waals surface area (Å²) in [6.07, 6.45) is 5.00. The molecule has 1 aliphatic heterocycles. The van der Waals surface area contributed by atoms with Crippen molar-refractivity contribution in [3.05, 3.63) is 0 Å². The van der Waals surface area contributed by atoms with E-state index in [9.17, 15) is 5.11 Å². The van der Waals surface area contributed by atoms with Crippen LogP contribution in [0, 0.1) is 5.92 Å². The second kappa shape index (κ2) is 5.28. The van der Waals surface area contributed by atoms with Crippen LogP contribution in [0.3, 0.4) is 0 Å². The Balaban J connectivity index is 1.64. The molecule has 0 amide bonds. The second-order valence-corrected chi connectivity index (χ2v) is 5.05. The van der Waals surface area contributed by atoms with Gasteiger partial charge >= 0.3 is 0 Å². The fourth-order valence-corrected chi connectivity index (χ4v) is 2.53. The van der Waals surface area contributed by atoms with Crippen molar-refractivity contribution in [1.82, 2.24) is 10.2 Å². The summed E-state index contributed by atoms with van der Waals surface area (Å²) in [7, 11) is 0. The highest BCUT2D eigenvalue weighted by Gasteiger charge is 2.28. The lowest BCUT2D eigenvalue weighted by Gasteiger charge is -2.29. The quantitative estimate of drug-likeness (QED) is 0.708. The average Bonchev–Trinajstić information content (AvgIpc) is 2.63. The van der Waals surface area contributed by atoms with Crippen LogP contribution < -0.4 is 5.32 Å². The molecule has 0 radical (unpaired) electrons. The van der Waals surface area contributed by atoms with Gasteiger partial charge in [-0.25, -0.2) is 0 Å². The highest BCUT2D eigenvalue weighted by molar-refractivity contribution is 4.84. The molecule has 0 aromatic rings. The summed E-state index contributed by atoms with van der Waals surface area (Å²) < 4.78 is 0. The van der Waals surface area contributed by atoms with E-state index < -0.39 is 0 Å². The molecule has 0 bridgehead atoms. The van der Waals surface area contributed by atoms with Gasteiger partial charge in [0.25, 0.3) is 0 Å². The largest absolute Gasteiger partial charge is 0.391 e. The first-order chi connectivity index (χ1) is 7.29. The fraction of sp³-hybridized carbons (Fsp3) is 1.00. The molecule has 0 aromatic heterocycles. The van der Waals surface area contributed by atoms with E-state index >= 15 is 0 Å². The molecule has 15 heavy (non-hydrogen) atoms. The minimum Gasteiger partial charge on any atom is -0.391 e. The monoisotopic (exact) mass is 212 g/mol. The van der Waals surface area contributed by atoms with E-state index in [1.807, 2.05) is 0 Å². The van der Waals surface area contributed by atoms with E-state index in [1.165, 1.54) is 32.2 Å². The molecule has 1 saturated carbocycles. The number of nitrogens with one attached hydrogen (secondary N) is 1. The lowest BCUT2D eigenvalue weighted by atomic mass is 9.92. The standard InChI is InChI=1S/C12H24N2O/c1-2-14-7-6-10(9-14)12(15)8-13-11-4-3-5-11/h10-13,15H,2-9H2,1H3. The van der Waals surface area contributed by atoms with Crippen molar-refractivity contribution in [2.24, 2.45) is 5.92 Å². The SMILES string of the molecule is CCN1CCC(C(O)CNC2CCC2)C1. The van der Waals surface area contributed by atoms with Crippen LogP contribution in [0.5, 0.6) is 0 Å². The number of nitrogens with zero attached hydrogens (tertiary/aromatic N) is 1. The predicted molar refractivity (Wildman–Crippen MR) is 61.9 cm³/mol. The molecule has 1 saturated heterocycles. The third-order valence-corrected chi connectivity index (χ3v) is 4.02. The van der Waals surface area contributed by atoms with Gasteiger partial charge in [-0.05, 0) is 38.3 Å². The number of likely N-dealkylation sites (tertiary alicyclic amines) is 1. The molecule has 3 heteroatoms. The van der Waals surface area contributed by atoms with Gasteiger partial charge in [0.15, 0.2) is 0 Å². The van der Waals surface area contributed by atoms with E-state index in [-0.39, 0.29) is 6.10 Å². The first kappa shape index (κ1) is 11.4. The summed E-state index contributed by atoms with van der Waals surface area (Å²) in [5.41, 5.74) is 0. The van der Waals surface area contributed by atoms with Crippen LogP contribution in [-0.2, 0) is 0 Å². The van der Waals surface area contributed by atoms with Crippen LogP contribution in [0.15, 0.2) is 0 Å². The molecule has 3 nitrogen and oxygen atoms in total. The summed E-state index contributed by atoms with van der Waals surface area (Å²) in [4.78, 5) is 2.43. The summed E-state index contributed by atoms with van der Waals surface area (Å²) in [5.74, 6) is 0.498. The van der Waals surface area contributed by atoms with E-state index in [4.69, 9.17) is 0 Å². The minimum atomic E-state index is -0.137. The Hall–Kier alpha value is -0.120. The highest BCUT2D eigenvalue weighted by Crippen LogP contribution is 2.21. The number of hydrogen-bond acceptors (Lipinski definition) is 3. The summed E-state index contributed by atoms with van der Waals surface area (Å²) in [6, 6.07) is 0.698. The first-order valence-electron chi connectivity index (χ1n) is 6.43. The predicted octanol–water partition coefficient (Wildman–Crippen LogP) is 0.831. The van der Waals surface area contributed by atoms with Crippen molar-refractivity contribution in [2.75, 3.05) is 26.2 Å². The molecule has 1 aliphatic carbocycles. The van der Waals surface area contributed by atoms with Crippen LogP contribution in [0.25, 0.3) is 0 Å². The van der Waals surface area contributed by atoms with Gasteiger partial charge in [-0.2, -0.15) is 0 Å². The zero-order valence-electron chi connectivity index (χ0n) is 9.78. The third kappa shape index (κ3) is 2.92. The molecular weight excluding hydrogens is 188 g/mol. The van der Waals surface area contributed by atoms with E-state index in [1.54, 1.807) is 0 Å². The minimum absolute atomic E-state index is 0.137.